The molecule has 1 fully saturated rings. The lowest BCUT2D eigenvalue weighted by molar-refractivity contribution is -0.149. The topological polar surface area (TPSA) is 108 Å². The Kier molecular flexibility index (Phi) is 10.8. The molecule has 1 aliphatic rings. The van der Waals surface area contributed by atoms with Crippen LogP contribution in [0, 0.1) is 0 Å². The van der Waals surface area contributed by atoms with Crippen molar-refractivity contribution in [2.24, 2.45) is 0 Å². The minimum absolute atomic E-state index is 0. The number of morpholine rings is 1. The number of nitrogens with zero attached hydrogens (tertiary/aromatic N) is 3. The van der Waals surface area contributed by atoms with Crippen LogP contribution in [-0.2, 0) is 14.3 Å². The highest BCUT2D eigenvalue weighted by molar-refractivity contribution is 6.35. The standard InChI is InChI=1S/C26H27ClN4O6.2ClH/c1-16(32)37-17(12-31-6-8-34-9-7-31)13-35-24-11-22-19(10-23(24)33-2)26(29-15-28-22)30-21-5-3-4-18-20(27)14-36-25(18)21;;/h3-5,10-11,14-15,17H,6-9,12-13H2,1-2H3,(H,28,29,30);2*1H. The summed E-state index contributed by atoms with van der Waals surface area (Å²) in [5.74, 6) is 1.19. The second-order valence-corrected chi connectivity index (χ2v) is 9.00. The second kappa shape index (κ2) is 13.9. The Bertz CT molecular complexity index is 1410. The Morgan fingerprint density at radius 3 is 2.69 bits per heavy atom. The van der Waals surface area contributed by atoms with E-state index in [1.807, 2.05) is 24.3 Å². The van der Waals surface area contributed by atoms with Crippen molar-refractivity contribution in [3.63, 3.8) is 0 Å². The van der Waals surface area contributed by atoms with Crippen LogP contribution >= 0.6 is 36.4 Å². The summed E-state index contributed by atoms with van der Waals surface area (Å²) < 4.78 is 28.3. The highest BCUT2D eigenvalue weighted by atomic mass is 35.5. The number of anilines is 2. The van der Waals surface area contributed by atoms with Crippen molar-refractivity contribution in [2.75, 3.05) is 51.9 Å². The first-order valence-corrected chi connectivity index (χ1v) is 12.2. The van der Waals surface area contributed by atoms with Gasteiger partial charge in [0, 0.05) is 43.4 Å². The number of carbonyl (C=O) groups is 1. The zero-order valence-corrected chi connectivity index (χ0v) is 23.7. The highest BCUT2D eigenvalue weighted by Gasteiger charge is 2.21. The molecule has 0 bridgehead atoms. The molecule has 1 aliphatic heterocycles. The number of aromatic nitrogens is 2. The molecule has 13 heteroatoms. The van der Waals surface area contributed by atoms with E-state index in [-0.39, 0.29) is 37.4 Å². The molecule has 210 valence electrons. The molecule has 1 N–H and O–H groups in total. The van der Waals surface area contributed by atoms with Crippen molar-refractivity contribution >= 4 is 75.8 Å². The van der Waals surface area contributed by atoms with Crippen LogP contribution in [0.1, 0.15) is 6.92 Å². The van der Waals surface area contributed by atoms with Gasteiger partial charge in [-0.05, 0) is 18.2 Å². The Labute approximate surface area is 242 Å². The van der Waals surface area contributed by atoms with Crippen molar-refractivity contribution in [1.82, 2.24) is 14.9 Å². The van der Waals surface area contributed by atoms with Crippen LogP contribution in [0.4, 0.5) is 11.5 Å². The molecule has 0 spiro atoms. The van der Waals surface area contributed by atoms with E-state index in [0.717, 1.165) is 29.5 Å². The van der Waals surface area contributed by atoms with Crippen LogP contribution in [-0.4, -0.2) is 73.5 Å². The number of halogens is 3. The fourth-order valence-electron chi connectivity index (χ4n) is 4.30. The summed E-state index contributed by atoms with van der Waals surface area (Å²) in [4.78, 5) is 22.7. The number of hydrogen-bond acceptors (Lipinski definition) is 10. The van der Waals surface area contributed by atoms with Crippen LogP contribution < -0.4 is 14.8 Å². The van der Waals surface area contributed by atoms with Crippen LogP contribution in [0.25, 0.3) is 21.9 Å². The van der Waals surface area contributed by atoms with Crippen LogP contribution in [0.5, 0.6) is 11.5 Å². The predicted octanol–water partition coefficient (Wildman–Crippen LogP) is 5.27. The van der Waals surface area contributed by atoms with Gasteiger partial charge < -0.3 is 28.7 Å². The third-order valence-corrected chi connectivity index (χ3v) is 6.34. The van der Waals surface area contributed by atoms with Gasteiger partial charge in [0.05, 0.1) is 36.6 Å². The predicted molar refractivity (Wildman–Crippen MR) is 153 cm³/mol. The Morgan fingerprint density at radius 1 is 1.15 bits per heavy atom. The highest BCUT2D eigenvalue weighted by Crippen LogP contribution is 2.37. The number of fused-ring (bicyclic) bond motifs is 2. The maximum Gasteiger partial charge on any atom is 0.303 e. The van der Waals surface area contributed by atoms with Gasteiger partial charge in [0.1, 0.15) is 31.1 Å². The lowest BCUT2D eigenvalue weighted by Crippen LogP contribution is -2.43. The van der Waals surface area contributed by atoms with Gasteiger partial charge in [-0.1, -0.05) is 17.7 Å². The lowest BCUT2D eigenvalue weighted by Gasteiger charge is -2.30. The van der Waals surface area contributed by atoms with E-state index >= 15 is 0 Å². The van der Waals surface area contributed by atoms with E-state index in [2.05, 4.69) is 20.2 Å². The number of nitrogens with one attached hydrogen (secondary N) is 1. The van der Waals surface area contributed by atoms with Gasteiger partial charge >= 0.3 is 5.97 Å². The van der Waals surface area contributed by atoms with Crippen molar-refractivity contribution in [3.05, 3.63) is 47.9 Å². The molecule has 0 amide bonds. The first-order chi connectivity index (χ1) is 18.0. The minimum Gasteiger partial charge on any atom is -0.493 e. The molecule has 0 radical (unpaired) electrons. The smallest absolute Gasteiger partial charge is 0.303 e. The Balaban J connectivity index is 0.00000210. The van der Waals surface area contributed by atoms with E-state index in [0.29, 0.717) is 53.2 Å². The van der Waals surface area contributed by atoms with Crippen molar-refractivity contribution in [2.45, 2.75) is 13.0 Å². The number of furan rings is 1. The number of benzene rings is 2. The molecule has 0 aliphatic carbocycles. The summed E-state index contributed by atoms with van der Waals surface area (Å²) in [5.41, 5.74) is 1.99. The number of rotatable bonds is 9. The molecule has 4 aromatic rings. The zero-order chi connectivity index (χ0) is 25.8. The maximum atomic E-state index is 11.7. The molecule has 0 saturated carbocycles. The molecule has 1 atom stereocenters. The summed E-state index contributed by atoms with van der Waals surface area (Å²) in [6, 6.07) is 9.25. The average molecular weight is 600 g/mol. The summed E-state index contributed by atoms with van der Waals surface area (Å²) in [6.45, 7) is 4.98. The van der Waals surface area contributed by atoms with Gasteiger partial charge in [-0.25, -0.2) is 9.97 Å². The summed E-state index contributed by atoms with van der Waals surface area (Å²) in [7, 11) is 1.56. The van der Waals surface area contributed by atoms with E-state index < -0.39 is 6.10 Å². The van der Waals surface area contributed by atoms with Gasteiger partial charge in [-0.15, -0.1) is 24.8 Å². The minimum atomic E-state index is -0.445. The number of esters is 1. The molecular formula is C26H29Cl3N4O6. The van der Waals surface area contributed by atoms with E-state index in [4.69, 9.17) is 35.0 Å². The molecule has 1 saturated heterocycles. The number of methoxy groups -OCH3 is 1. The fourth-order valence-corrected chi connectivity index (χ4v) is 4.49. The number of ether oxygens (including phenoxy) is 4. The third-order valence-electron chi connectivity index (χ3n) is 6.05. The fraction of sp³-hybridized carbons (Fsp3) is 0.346. The van der Waals surface area contributed by atoms with Crippen LogP contribution in [0.2, 0.25) is 5.02 Å². The monoisotopic (exact) mass is 598 g/mol. The molecule has 2 aromatic carbocycles. The average Bonchev–Trinajstić information content (AvgIpc) is 3.29. The first-order valence-electron chi connectivity index (χ1n) is 11.9. The van der Waals surface area contributed by atoms with Gasteiger partial charge in [0.25, 0.3) is 0 Å². The first kappa shape index (κ1) is 30.5. The van der Waals surface area contributed by atoms with Gasteiger partial charge in [-0.2, -0.15) is 0 Å². The lowest BCUT2D eigenvalue weighted by atomic mass is 10.2. The van der Waals surface area contributed by atoms with Gasteiger partial charge in [0.15, 0.2) is 17.1 Å². The Morgan fingerprint density at radius 2 is 1.95 bits per heavy atom. The van der Waals surface area contributed by atoms with E-state index in [1.54, 1.807) is 13.2 Å². The van der Waals surface area contributed by atoms with Gasteiger partial charge in [0.2, 0.25) is 0 Å². The summed E-state index contributed by atoms with van der Waals surface area (Å²) in [5, 5.41) is 5.39. The molecule has 2 aromatic heterocycles. The van der Waals surface area contributed by atoms with Crippen molar-refractivity contribution in [3.8, 4) is 11.5 Å². The largest absolute Gasteiger partial charge is 0.493 e. The molecule has 1 unspecified atom stereocenters. The molecular weight excluding hydrogens is 571 g/mol. The van der Waals surface area contributed by atoms with E-state index in [9.17, 15) is 4.79 Å². The quantitative estimate of drug-likeness (QED) is 0.256. The molecule has 39 heavy (non-hydrogen) atoms. The normalized spacial score (nSPS) is 14.2. The summed E-state index contributed by atoms with van der Waals surface area (Å²) in [6.07, 6.45) is 2.53. The molecule has 5 rings (SSSR count). The van der Waals surface area contributed by atoms with Crippen LogP contribution in [0.15, 0.2) is 47.3 Å². The second-order valence-electron chi connectivity index (χ2n) is 8.59. The Hall–Kier alpha value is -3.02. The SMILES string of the molecule is COc1cc2c(Nc3cccc4c(Cl)coc34)ncnc2cc1OCC(CN1CCOCC1)OC(C)=O.Cl.Cl. The van der Waals surface area contributed by atoms with Crippen molar-refractivity contribution in [1.29, 1.82) is 0 Å². The maximum absolute atomic E-state index is 11.7. The van der Waals surface area contributed by atoms with Crippen molar-refractivity contribution < 1.29 is 28.2 Å². The zero-order valence-electron chi connectivity index (χ0n) is 21.3. The molecule has 3 heterocycles. The third kappa shape index (κ3) is 7.14. The number of para-hydroxylation sites is 1. The van der Waals surface area contributed by atoms with Gasteiger partial charge in [-0.3, -0.25) is 9.69 Å². The summed E-state index contributed by atoms with van der Waals surface area (Å²) >= 11 is 6.22. The molecule has 10 nitrogen and oxygen atoms in total. The van der Waals surface area contributed by atoms with E-state index in [1.165, 1.54) is 19.5 Å². The number of hydrogen-bond donors (Lipinski definition) is 1. The van der Waals surface area contributed by atoms with Crippen LogP contribution in [0.3, 0.4) is 0 Å². The number of carbonyl (C=O) groups excluding carboxylic acids is 1.